The van der Waals surface area contributed by atoms with Crippen molar-refractivity contribution in [1.82, 2.24) is 5.32 Å². The zero-order chi connectivity index (χ0) is 12.2. The summed E-state index contributed by atoms with van der Waals surface area (Å²) < 4.78 is 5.82. The van der Waals surface area contributed by atoms with Gasteiger partial charge in [0.25, 0.3) is 0 Å². The molecule has 0 aromatic heterocycles. The van der Waals surface area contributed by atoms with Crippen LogP contribution in [-0.4, -0.2) is 24.8 Å². The maximum Gasteiger partial charge on any atom is 0.0598 e. The molecule has 0 aromatic carbocycles. The van der Waals surface area contributed by atoms with Gasteiger partial charge in [0.2, 0.25) is 0 Å². The van der Waals surface area contributed by atoms with Gasteiger partial charge >= 0.3 is 0 Å². The van der Waals surface area contributed by atoms with Crippen molar-refractivity contribution in [1.29, 1.82) is 0 Å². The van der Waals surface area contributed by atoms with E-state index in [0.717, 1.165) is 25.6 Å². The van der Waals surface area contributed by atoms with Crippen molar-refractivity contribution in [2.75, 3.05) is 13.2 Å². The zero-order valence-electron chi connectivity index (χ0n) is 11.7. The smallest absolute Gasteiger partial charge is 0.0598 e. The molecule has 16 heavy (non-hydrogen) atoms. The van der Waals surface area contributed by atoms with Gasteiger partial charge in [-0.3, -0.25) is 0 Å². The van der Waals surface area contributed by atoms with Crippen LogP contribution in [0.3, 0.4) is 0 Å². The van der Waals surface area contributed by atoms with Crippen molar-refractivity contribution in [3.05, 3.63) is 0 Å². The van der Waals surface area contributed by atoms with E-state index in [9.17, 15) is 0 Å². The molecular formula is C14H29NO. The summed E-state index contributed by atoms with van der Waals surface area (Å²) in [5, 5.41) is 3.64. The molecule has 0 radical (unpaired) electrons. The number of rotatable bonds is 7. The largest absolute Gasteiger partial charge is 0.376 e. The number of nitrogens with one attached hydrogen (secondary N) is 1. The van der Waals surface area contributed by atoms with Crippen molar-refractivity contribution in [2.24, 2.45) is 5.41 Å². The van der Waals surface area contributed by atoms with Gasteiger partial charge in [0, 0.05) is 19.2 Å². The summed E-state index contributed by atoms with van der Waals surface area (Å²) in [5.41, 5.74) is 0.395. The topological polar surface area (TPSA) is 21.3 Å². The summed E-state index contributed by atoms with van der Waals surface area (Å²) in [7, 11) is 0. The van der Waals surface area contributed by atoms with Gasteiger partial charge in [0.05, 0.1) is 5.60 Å². The van der Waals surface area contributed by atoms with Gasteiger partial charge in [-0.1, -0.05) is 13.8 Å². The quantitative estimate of drug-likeness (QED) is 0.720. The van der Waals surface area contributed by atoms with E-state index in [-0.39, 0.29) is 5.60 Å². The second kappa shape index (κ2) is 5.50. The van der Waals surface area contributed by atoms with E-state index in [1.165, 1.54) is 19.3 Å². The Labute approximate surface area is 101 Å². The molecular weight excluding hydrogens is 198 g/mol. The molecule has 2 nitrogen and oxygen atoms in total. The molecule has 0 aromatic rings. The second-order valence-corrected chi connectivity index (χ2v) is 6.53. The van der Waals surface area contributed by atoms with E-state index >= 15 is 0 Å². The molecule has 0 bridgehead atoms. The molecule has 0 amide bonds. The van der Waals surface area contributed by atoms with E-state index in [1.54, 1.807) is 0 Å². The maximum absolute atomic E-state index is 5.82. The standard InChI is InChI=1S/C14H29NO/c1-6-14(5,11-15-12-7-8-12)9-10-16-13(2,3)4/h12,15H,6-11H2,1-5H3. The lowest BCUT2D eigenvalue weighted by molar-refractivity contribution is -0.0175. The van der Waals surface area contributed by atoms with Crippen molar-refractivity contribution in [3.63, 3.8) is 0 Å². The fourth-order valence-corrected chi connectivity index (χ4v) is 1.67. The predicted octanol–water partition coefficient (Wildman–Crippen LogP) is 3.36. The molecule has 96 valence electrons. The Morgan fingerprint density at radius 1 is 1.19 bits per heavy atom. The van der Waals surface area contributed by atoms with Crippen LogP contribution >= 0.6 is 0 Å². The maximum atomic E-state index is 5.82. The normalized spacial score (nSPS) is 20.8. The first kappa shape index (κ1) is 14.0. The van der Waals surface area contributed by atoms with Gasteiger partial charge in [-0.2, -0.15) is 0 Å². The van der Waals surface area contributed by atoms with Crippen LogP contribution in [0.5, 0.6) is 0 Å². The van der Waals surface area contributed by atoms with Crippen molar-refractivity contribution >= 4 is 0 Å². The molecule has 0 heterocycles. The third kappa shape index (κ3) is 5.86. The van der Waals surface area contributed by atoms with Crippen molar-refractivity contribution in [3.8, 4) is 0 Å². The molecule has 0 aliphatic heterocycles. The molecule has 2 heteroatoms. The van der Waals surface area contributed by atoms with Gasteiger partial charge in [0.1, 0.15) is 0 Å². The highest BCUT2D eigenvalue weighted by molar-refractivity contribution is 4.85. The monoisotopic (exact) mass is 227 g/mol. The van der Waals surface area contributed by atoms with Gasteiger partial charge in [-0.15, -0.1) is 0 Å². The fraction of sp³-hybridized carbons (Fsp3) is 1.00. The van der Waals surface area contributed by atoms with Crippen LogP contribution in [0.2, 0.25) is 0 Å². The van der Waals surface area contributed by atoms with Crippen LogP contribution < -0.4 is 5.32 Å². The third-order valence-corrected chi connectivity index (χ3v) is 3.49. The average Bonchev–Trinajstić information content (AvgIpc) is 2.96. The molecule has 1 fully saturated rings. The minimum atomic E-state index is -0.00142. The first-order valence-corrected chi connectivity index (χ1v) is 6.72. The molecule has 1 aliphatic carbocycles. The van der Waals surface area contributed by atoms with E-state index in [0.29, 0.717) is 5.41 Å². The SMILES string of the molecule is CCC(C)(CCOC(C)(C)C)CNC1CC1. The zero-order valence-corrected chi connectivity index (χ0v) is 11.7. The molecule has 1 rings (SSSR count). The van der Waals surface area contributed by atoms with Crippen molar-refractivity contribution in [2.45, 2.75) is 71.9 Å². The van der Waals surface area contributed by atoms with Gasteiger partial charge in [-0.05, 0) is 51.9 Å². The summed E-state index contributed by atoms with van der Waals surface area (Å²) in [6, 6.07) is 0.814. The molecule has 1 atom stereocenters. The third-order valence-electron chi connectivity index (χ3n) is 3.49. The first-order valence-electron chi connectivity index (χ1n) is 6.72. The van der Waals surface area contributed by atoms with E-state index in [2.05, 4.69) is 39.9 Å². The lowest BCUT2D eigenvalue weighted by atomic mass is 9.84. The Morgan fingerprint density at radius 2 is 1.81 bits per heavy atom. The summed E-state index contributed by atoms with van der Waals surface area (Å²) in [4.78, 5) is 0. The second-order valence-electron chi connectivity index (χ2n) is 6.53. The summed E-state index contributed by atoms with van der Waals surface area (Å²) in [6.07, 6.45) is 5.12. The highest BCUT2D eigenvalue weighted by atomic mass is 16.5. The molecule has 1 N–H and O–H groups in total. The molecule has 0 saturated heterocycles. The first-order chi connectivity index (χ1) is 7.35. The van der Waals surface area contributed by atoms with E-state index in [4.69, 9.17) is 4.74 Å². The lowest BCUT2D eigenvalue weighted by Gasteiger charge is -2.30. The molecule has 0 spiro atoms. The molecule has 1 unspecified atom stereocenters. The van der Waals surface area contributed by atoms with Crippen LogP contribution in [0.25, 0.3) is 0 Å². The Kier molecular flexibility index (Phi) is 4.81. The summed E-state index contributed by atoms with van der Waals surface area (Å²) in [5.74, 6) is 0. The van der Waals surface area contributed by atoms with Crippen LogP contribution in [0.4, 0.5) is 0 Å². The fourth-order valence-electron chi connectivity index (χ4n) is 1.67. The summed E-state index contributed by atoms with van der Waals surface area (Å²) in [6.45, 7) is 13.0. The van der Waals surface area contributed by atoms with E-state index < -0.39 is 0 Å². The minimum Gasteiger partial charge on any atom is -0.376 e. The Hall–Kier alpha value is -0.0800. The highest BCUT2D eigenvalue weighted by Gasteiger charge is 2.27. The number of hydrogen-bond donors (Lipinski definition) is 1. The van der Waals surface area contributed by atoms with Crippen LogP contribution in [0, 0.1) is 5.41 Å². The number of hydrogen-bond acceptors (Lipinski definition) is 2. The van der Waals surface area contributed by atoms with Gasteiger partial charge < -0.3 is 10.1 Å². The minimum absolute atomic E-state index is 0.00142. The molecule has 1 saturated carbocycles. The van der Waals surface area contributed by atoms with Crippen LogP contribution in [-0.2, 0) is 4.74 Å². The Morgan fingerprint density at radius 3 is 2.25 bits per heavy atom. The van der Waals surface area contributed by atoms with E-state index in [1.807, 2.05) is 0 Å². The lowest BCUT2D eigenvalue weighted by Crippen LogP contribution is -2.34. The Bertz CT molecular complexity index is 205. The number of ether oxygens (including phenoxy) is 1. The average molecular weight is 227 g/mol. The van der Waals surface area contributed by atoms with Crippen LogP contribution in [0.15, 0.2) is 0 Å². The summed E-state index contributed by atoms with van der Waals surface area (Å²) >= 11 is 0. The van der Waals surface area contributed by atoms with Gasteiger partial charge in [-0.25, -0.2) is 0 Å². The van der Waals surface area contributed by atoms with Crippen LogP contribution in [0.1, 0.15) is 60.3 Å². The predicted molar refractivity (Wildman–Crippen MR) is 69.7 cm³/mol. The van der Waals surface area contributed by atoms with Gasteiger partial charge in [0.15, 0.2) is 0 Å². The highest BCUT2D eigenvalue weighted by Crippen LogP contribution is 2.28. The van der Waals surface area contributed by atoms with Crippen molar-refractivity contribution < 1.29 is 4.74 Å². The Balaban J connectivity index is 2.22. The molecule has 1 aliphatic rings.